The van der Waals surface area contributed by atoms with E-state index in [4.69, 9.17) is 26.8 Å². The van der Waals surface area contributed by atoms with Crippen LogP contribution in [0.15, 0.2) is 60.2 Å². The molecule has 1 aliphatic heterocycles. The zero-order chi connectivity index (χ0) is 28.7. The summed E-state index contributed by atoms with van der Waals surface area (Å²) in [6, 6.07) is 13.2. The number of methoxy groups -OCH3 is 1. The third kappa shape index (κ3) is 5.03. The van der Waals surface area contributed by atoms with E-state index in [1.165, 1.54) is 13.2 Å². The maximum absolute atomic E-state index is 16.1. The van der Waals surface area contributed by atoms with E-state index in [2.05, 4.69) is 5.32 Å². The Morgan fingerprint density at radius 3 is 2.50 bits per heavy atom. The van der Waals surface area contributed by atoms with Crippen LogP contribution in [0.3, 0.4) is 0 Å². The number of alkyl halides is 2. The van der Waals surface area contributed by atoms with Gasteiger partial charge in [-0.1, -0.05) is 48.0 Å². The molecule has 1 saturated carbocycles. The van der Waals surface area contributed by atoms with E-state index in [-0.39, 0.29) is 39.7 Å². The second-order valence-corrected chi connectivity index (χ2v) is 11.4. The lowest BCUT2D eigenvalue weighted by Crippen LogP contribution is -2.47. The molecule has 212 valence electrons. The van der Waals surface area contributed by atoms with Crippen molar-refractivity contribution in [2.24, 2.45) is 11.7 Å². The first-order chi connectivity index (χ1) is 19.1. The molecule has 40 heavy (non-hydrogen) atoms. The molecular weight excluding hydrogens is 538 g/mol. The normalized spacial score (nSPS) is 29.6. The largest absolute Gasteiger partial charge is 0.481 e. The standard InChI is InChI=1S/C31H33ClF2N2O4/c1-30(34)25(33)15-12-21(28(35)37)27(30)26-22-16-31(19-6-4-3-5-7-19,40-24(22)14-13-23(26)32)17-36-20-10-8-18(9-11-20)29(38)39-2/h3-7,12-15,18,20,25,36H,8-11,16-17H2,1-2H3,(H2,35,37)/t18?,20?,25?,30?,31-/m1/s1. The number of nitrogens with one attached hydrogen (secondary N) is 1. The molecule has 2 aliphatic carbocycles. The molecule has 1 fully saturated rings. The minimum Gasteiger partial charge on any atom is -0.481 e. The topological polar surface area (TPSA) is 90.6 Å². The maximum Gasteiger partial charge on any atom is 0.308 e. The average molecular weight is 571 g/mol. The Morgan fingerprint density at radius 1 is 1.15 bits per heavy atom. The van der Waals surface area contributed by atoms with Crippen molar-refractivity contribution in [2.75, 3.05) is 13.7 Å². The number of hydrogen-bond donors (Lipinski definition) is 2. The van der Waals surface area contributed by atoms with Crippen LogP contribution in [0.4, 0.5) is 8.78 Å². The molecule has 0 bridgehead atoms. The molecular formula is C31H33ClF2N2O4. The van der Waals surface area contributed by atoms with Crippen LogP contribution < -0.4 is 15.8 Å². The molecule has 9 heteroatoms. The van der Waals surface area contributed by atoms with Gasteiger partial charge < -0.3 is 20.5 Å². The Kier molecular flexibility index (Phi) is 7.77. The molecule has 5 rings (SSSR count). The lowest BCUT2D eigenvalue weighted by atomic mass is 9.77. The number of nitrogens with two attached hydrogens (primary N) is 1. The van der Waals surface area contributed by atoms with E-state index in [0.717, 1.165) is 44.2 Å². The van der Waals surface area contributed by atoms with Crippen molar-refractivity contribution in [3.8, 4) is 5.75 Å². The molecule has 2 unspecified atom stereocenters. The molecule has 0 aromatic heterocycles. The smallest absolute Gasteiger partial charge is 0.308 e. The number of fused-ring (bicyclic) bond motifs is 1. The Labute approximate surface area is 237 Å². The Morgan fingerprint density at radius 2 is 1.85 bits per heavy atom. The fourth-order valence-electron chi connectivity index (χ4n) is 6.22. The van der Waals surface area contributed by atoms with Crippen molar-refractivity contribution in [2.45, 2.75) is 62.5 Å². The van der Waals surface area contributed by atoms with Crippen LogP contribution in [-0.2, 0) is 26.3 Å². The quantitative estimate of drug-likeness (QED) is 0.437. The van der Waals surface area contributed by atoms with Gasteiger partial charge in [-0.3, -0.25) is 9.59 Å². The van der Waals surface area contributed by atoms with Gasteiger partial charge in [-0.2, -0.15) is 0 Å². The van der Waals surface area contributed by atoms with Gasteiger partial charge in [0.1, 0.15) is 5.75 Å². The van der Waals surface area contributed by atoms with Gasteiger partial charge in [0.25, 0.3) is 0 Å². The van der Waals surface area contributed by atoms with Gasteiger partial charge in [0, 0.05) is 46.3 Å². The van der Waals surface area contributed by atoms with Crippen molar-refractivity contribution < 1.29 is 27.8 Å². The number of rotatable bonds is 7. The monoisotopic (exact) mass is 570 g/mol. The van der Waals surface area contributed by atoms with Gasteiger partial charge in [-0.25, -0.2) is 8.78 Å². The number of esters is 1. The molecule has 3 atom stereocenters. The summed E-state index contributed by atoms with van der Waals surface area (Å²) in [4.78, 5) is 24.3. The number of carbonyl (C=O) groups excluding carboxylic acids is 2. The summed E-state index contributed by atoms with van der Waals surface area (Å²) in [7, 11) is 1.41. The molecule has 2 aromatic rings. The summed E-state index contributed by atoms with van der Waals surface area (Å²) in [6.45, 7) is 1.53. The van der Waals surface area contributed by atoms with Crippen molar-refractivity contribution >= 4 is 29.1 Å². The van der Waals surface area contributed by atoms with Crippen molar-refractivity contribution in [3.63, 3.8) is 0 Å². The molecule has 1 heterocycles. The van der Waals surface area contributed by atoms with Crippen LogP contribution in [0, 0.1) is 5.92 Å². The number of amides is 1. The summed E-state index contributed by atoms with van der Waals surface area (Å²) in [5.74, 6) is -0.644. The van der Waals surface area contributed by atoms with E-state index >= 15 is 4.39 Å². The first kappa shape index (κ1) is 28.3. The average Bonchev–Trinajstić information content (AvgIpc) is 3.34. The van der Waals surface area contributed by atoms with Crippen LogP contribution in [0.5, 0.6) is 5.75 Å². The third-order valence-electron chi connectivity index (χ3n) is 8.45. The SMILES string of the molecule is COC(=O)C1CCC(NC[C@@]2(c3ccccc3)Cc3c(ccc(Cl)c3C3=C(C(N)=O)C=CC(F)C3(C)F)O2)CC1. The van der Waals surface area contributed by atoms with Gasteiger partial charge in [-0.05, 0) is 56.4 Å². The Hall–Kier alpha value is -3.23. The van der Waals surface area contributed by atoms with Gasteiger partial charge >= 0.3 is 5.97 Å². The second-order valence-electron chi connectivity index (χ2n) is 11.0. The van der Waals surface area contributed by atoms with E-state index in [1.807, 2.05) is 30.3 Å². The maximum atomic E-state index is 16.1. The lowest BCUT2D eigenvalue weighted by Gasteiger charge is -2.34. The van der Waals surface area contributed by atoms with E-state index in [1.54, 1.807) is 12.1 Å². The summed E-state index contributed by atoms with van der Waals surface area (Å²) in [5.41, 5.74) is 3.66. The number of primary amides is 1. The number of carbonyl (C=O) groups is 2. The highest BCUT2D eigenvalue weighted by molar-refractivity contribution is 6.33. The summed E-state index contributed by atoms with van der Waals surface area (Å²) in [5, 5.41) is 3.82. The number of halogens is 3. The first-order valence-corrected chi connectivity index (χ1v) is 13.9. The van der Waals surface area contributed by atoms with Crippen molar-refractivity contribution in [1.29, 1.82) is 0 Å². The fourth-order valence-corrected chi connectivity index (χ4v) is 6.49. The molecule has 0 radical (unpaired) electrons. The minimum absolute atomic E-state index is 0.0885. The molecule has 3 aliphatic rings. The molecule has 2 aromatic carbocycles. The molecule has 3 N–H and O–H groups in total. The predicted octanol–water partition coefficient (Wildman–Crippen LogP) is 5.37. The zero-order valence-electron chi connectivity index (χ0n) is 22.5. The minimum atomic E-state index is -2.54. The van der Waals surface area contributed by atoms with Crippen molar-refractivity contribution in [1.82, 2.24) is 5.32 Å². The highest BCUT2D eigenvalue weighted by Gasteiger charge is 2.48. The zero-order valence-corrected chi connectivity index (χ0v) is 23.3. The number of allylic oxidation sites excluding steroid dienone is 2. The number of ether oxygens (including phenoxy) is 2. The van der Waals surface area contributed by atoms with Crippen molar-refractivity contribution in [3.05, 3.63) is 81.9 Å². The summed E-state index contributed by atoms with van der Waals surface area (Å²) < 4.78 is 42.5. The van der Waals surface area contributed by atoms with Gasteiger partial charge in [-0.15, -0.1) is 0 Å². The van der Waals surface area contributed by atoms with Gasteiger partial charge in [0.2, 0.25) is 5.91 Å². The lowest BCUT2D eigenvalue weighted by molar-refractivity contribution is -0.146. The Bertz CT molecular complexity index is 1370. The number of benzene rings is 2. The Balaban J connectivity index is 1.51. The summed E-state index contributed by atoms with van der Waals surface area (Å²) >= 11 is 6.67. The second kappa shape index (κ2) is 11.0. The summed E-state index contributed by atoms with van der Waals surface area (Å²) in [6.07, 6.45) is 3.65. The molecule has 1 amide bonds. The predicted molar refractivity (Wildman–Crippen MR) is 149 cm³/mol. The van der Waals surface area contributed by atoms with Crippen LogP contribution in [0.25, 0.3) is 5.57 Å². The van der Waals surface area contributed by atoms with Crippen LogP contribution >= 0.6 is 11.6 Å². The number of hydrogen-bond acceptors (Lipinski definition) is 5. The van der Waals surface area contributed by atoms with E-state index in [0.29, 0.717) is 24.3 Å². The first-order valence-electron chi connectivity index (χ1n) is 13.5. The molecule has 0 spiro atoms. The molecule has 6 nitrogen and oxygen atoms in total. The molecule has 0 saturated heterocycles. The highest BCUT2D eigenvalue weighted by atomic mass is 35.5. The van der Waals surface area contributed by atoms with E-state index in [9.17, 15) is 14.0 Å². The van der Waals surface area contributed by atoms with Crippen LogP contribution in [0.1, 0.15) is 49.3 Å². The van der Waals surface area contributed by atoms with Gasteiger partial charge in [0.05, 0.1) is 13.0 Å². The van der Waals surface area contributed by atoms with Crippen LogP contribution in [0.2, 0.25) is 5.02 Å². The fraction of sp³-hybridized carbons (Fsp3) is 0.419. The third-order valence-corrected chi connectivity index (χ3v) is 8.76. The highest BCUT2D eigenvalue weighted by Crippen LogP contribution is 2.51. The van der Waals surface area contributed by atoms with Crippen LogP contribution in [-0.4, -0.2) is 43.4 Å². The van der Waals surface area contributed by atoms with Gasteiger partial charge in [0.15, 0.2) is 17.4 Å². The van der Waals surface area contributed by atoms with E-state index < -0.39 is 23.3 Å².